The van der Waals surface area contributed by atoms with E-state index in [0.717, 1.165) is 30.6 Å². The van der Waals surface area contributed by atoms with Gasteiger partial charge in [-0.2, -0.15) is 0 Å². The maximum absolute atomic E-state index is 11.3. The molecule has 1 aliphatic heterocycles. The van der Waals surface area contributed by atoms with E-state index in [1.54, 1.807) is 0 Å². The fraction of sp³-hybridized carbons (Fsp3) is 0.429. The van der Waals surface area contributed by atoms with E-state index in [1.807, 2.05) is 30.0 Å². The molecule has 3 N–H and O–H groups in total. The number of hydrogen-bond acceptors (Lipinski definition) is 2. The van der Waals surface area contributed by atoms with Crippen LogP contribution in [0.2, 0.25) is 5.02 Å². The molecule has 0 aromatic heterocycles. The number of carbonyl (C=O) groups excluding carboxylic acids is 1. The highest BCUT2D eigenvalue weighted by molar-refractivity contribution is 7.80. The molecule has 0 bridgehead atoms. The second-order valence-electron chi connectivity index (χ2n) is 5.08. The van der Waals surface area contributed by atoms with E-state index in [2.05, 4.69) is 5.32 Å². The van der Waals surface area contributed by atoms with Gasteiger partial charge in [-0.25, -0.2) is 0 Å². The first-order valence-electron chi connectivity index (χ1n) is 6.59. The van der Waals surface area contributed by atoms with E-state index in [0.29, 0.717) is 16.7 Å². The quantitative estimate of drug-likeness (QED) is 0.824. The van der Waals surface area contributed by atoms with Gasteiger partial charge in [-0.05, 0) is 49.7 Å². The van der Waals surface area contributed by atoms with Crippen LogP contribution in [0.4, 0.5) is 5.69 Å². The molecule has 1 heterocycles. The average molecular weight is 312 g/mol. The monoisotopic (exact) mass is 311 g/mol. The number of primary amides is 1. The zero-order valence-electron chi connectivity index (χ0n) is 11.4. The van der Waals surface area contributed by atoms with Crippen molar-refractivity contribution in [1.29, 1.82) is 0 Å². The zero-order valence-corrected chi connectivity index (χ0v) is 12.9. The lowest BCUT2D eigenvalue weighted by Crippen LogP contribution is -2.45. The van der Waals surface area contributed by atoms with Gasteiger partial charge in [0.1, 0.15) is 0 Å². The van der Waals surface area contributed by atoms with Crippen molar-refractivity contribution in [2.75, 3.05) is 18.4 Å². The van der Waals surface area contributed by atoms with Crippen molar-refractivity contribution in [3.05, 3.63) is 28.8 Å². The van der Waals surface area contributed by atoms with Crippen molar-refractivity contribution in [2.45, 2.75) is 19.8 Å². The van der Waals surface area contributed by atoms with E-state index in [9.17, 15) is 4.79 Å². The van der Waals surface area contributed by atoms with Gasteiger partial charge < -0.3 is 16.0 Å². The number of piperidine rings is 1. The molecule has 20 heavy (non-hydrogen) atoms. The summed E-state index contributed by atoms with van der Waals surface area (Å²) in [5.41, 5.74) is 7.25. The predicted octanol–water partition coefficient (Wildman–Crippen LogP) is 2.54. The van der Waals surface area contributed by atoms with E-state index in [4.69, 9.17) is 29.6 Å². The fourth-order valence-corrected chi connectivity index (χ4v) is 2.73. The van der Waals surface area contributed by atoms with E-state index < -0.39 is 0 Å². The highest BCUT2D eigenvalue weighted by Gasteiger charge is 2.25. The molecule has 4 nitrogen and oxygen atoms in total. The second-order valence-corrected chi connectivity index (χ2v) is 5.88. The molecule has 2 rings (SSSR count). The summed E-state index contributed by atoms with van der Waals surface area (Å²) in [5, 5.41) is 4.47. The van der Waals surface area contributed by atoms with Crippen LogP contribution in [0.1, 0.15) is 18.4 Å². The van der Waals surface area contributed by atoms with Gasteiger partial charge in [0.15, 0.2) is 5.11 Å². The Balaban J connectivity index is 2.00. The van der Waals surface area contributed by atoms with Gasteiger partial charge in [0.05, 0.1) is 5.92 Å². The Morgan fingerprint density at radius 3 is 2.95 bits per heavy atom. The molecule has 1 aromatic carbocycles. The molecule has 6 heteroatoms. The first-order chi connectivity index (χ1) is 9.47. The van der Waals surface area contributed by atoms with Crippen LogP contribution in [-0.2, 0) is 4.79 Å². The first kappa shape index (κ1) is 15.1. The largest absolute Gasteiger partial charge is 0.369 e. The molecule has 1 saturated heterocycles. The highest BCUT2D eigenvalue weighted by Crippen LogP contribution is 2.21. The van der Waals surface area contributed by atoms with Crippen LogP contribution in [0.3, 0.4) is 0 Å². The standard InChI is InChI=1S/C14H18ClN3OS/c1-9-4-5-11(7-12(9)15)17-14(20)18-6-2-3-10(8-18)13(16)19/h4-5,7,10H,2-3,6,8H2,1H3,(H2,16,19)(H,17,20)/t10-/m0/s1. The molecule has 1 atom stereocenters. The van der Waals surface area contributed by atoms with Gasteiger partial charge in [0.2, 0.25) is 5.91 Å². The summed E-state index contributed by atoms with van der Waals surface area (Å²) < 4.78 is 0. The Labute approximate surface area is 129 Å². The first-order valence-corrected chi connectivity index (χ1v) is 7.37. The summed E-state index contributed by atoms with van der Waals surface area (Å²) >= 11 is 11.5. The Hall–Kier alpha value is -1.33. The van der Waals surface area contributed by atoms with Crippen LogP contribution in [0.25, 0.3) is 0 Å². The summed E-state index contributed by atoms with van der Waals surface area (Å²) in [4.78, 5) is 13.3. The Bertz CT molecular complexity index is 535. The smallest absolute Gasteiger partial charge is 0.222 e. The van der Waals surface area contributed by atoms with E-state index >= 15 is 0 Å². The Kier molecular flexibility index (Phi) is 4.83. The van der Waals surface area contributed by atoms with Crippen LogP contribution in [-0.4, -0.2) is 29.0 Å². The Morgan fingerprint density at radius 1 is 1.55 bits per heavy atom. The van der Waals surface area contributed by atoms with Crippen LogP contribution >= 0.6 is 23.8 Å². The van der Waals surface area contributed by atoms with E-state index in [1.165, 1.54) is 0 Å². The summed E-state index contributed by atoms with van der Waals surface area (Å²) in [7, 11) is 0. The summed E-state index contributed by atoms with van der Waals surface area (Å²) in [6.45, 7) is 3.38. The van der Waals surface area contributed by atoms with E-state index in [-0.39, 0.29) is 11.8 Å². The number of thiocarbonyl (C=S) groups is 1. The number of carbonyl (C=O) groups is 1. The number of nitrogens with two attached hydrogens (primary N) is 1. The number of nitrogens with zero attached hydrogens (tertiary/aromatic N) is 1. The third-order valence-corrected chi connectivity index (χ3v) is 4.30. The minimum Gasteiger partial charge on any atom is -0.369 e. The lowest BCUT2D eigenvalue weighted by Gasteiger charge is -2.33. The van der Waals surface area contributed by atoms with Crippen molar-refractivity contribution in [2.24, 2.45) is 11.7 Å². The lowest BCUT2D eigenvalue weighted by atomic mass is 9.98. The van der Waals surface area contributed by atoms with Crippen molar-refractivity contribution < 1.29 is 4.79 Å². The molecular weight excluding hydrogens is 294 g/mol. The maximum Gasteiger partial charge on any atom is 0.222 e. The molecule has 0 unspecified atom stereocenters. The van der Waals surface area contributed by atoms with Crippen LogP contribution < -0.4 is 11.1 Å². The number of benzene rings is 1. The molecule has 0 radical (unpaired) electrons. The third kappa shape index (κ3) is 3.61. The SMILES string of the molecule is Cc1ccc(NC(=S)N2CCC[C@H](C(N)=O)C2)cc1Cl. The molecule has 0 saturated carbocycles. The number of aryl methyl sites for hydroxylation is 1. The molecule has 0 aliphatic carbocycles. The van der Waals surface area contributed by atoms with Crippen molar-refractivity contribution in [1.82, 2.24) is 4.90 Å². The minimum atomic E-state index is -0.254. The van der Waals surface area contributed by atoms with Crippen molar-refractivity contribution in [3.8, 4) is 0 Å². The predicted molar refractivity (Wildman–Crippen MR) is 85.9 cm³/mol. The molecule has 1 fully saturated rings. The minimum absolute atomic E-state index is 0.120. The maximum atomic E-state index is 11.3. The topological polar surface area (TPSA) is 58.4 Å². The second kappa shape index (κ2) is 6.41. The number of rotatable bonds is 2. The number of anilines is 1. The third-order valence-electron chi connectivity index (χ3n) is 3.53. The molecule has 1 amide bonds. The Morgan fingerprint density at radius 2 is 2.30 bits per heavy atom. The summed E-state index contributed by atoms with van der Waals surface area (Å²) in [6, 6.07) is 5.72. The molecule has 1 aromatic rings. The number of likely N-dealkylation sites (tertiary alicyclic amines) is 1. The lowest BCUT2D eigenvalue weighted by molar-refractivity contribution is -0.122. The van der Waals surface area contributed by atoms with Crippen molar-refractivity contribution in [3.63, 3.8) is 0 Å². The normalized spacial score (nSPS) is 18.7. The fourth-order valence-electron chi connectivity index (χ4n) is 2.27. The number of halogens is 1. The average Bonchev–Trinajstić information content (AvgIpc) is 2.43. The highest BCUT2D eigenvalue weighted by atomic mass is 35.5. The van der Waals surface area contributed by atoms with Crippen LogP contribution in [0.5, 0.6) is 0 Å². The van der Waals surface area contributed by atoms with Gasteiger partial charge in [-0.1, -0.05) is 17.7 Å². The summed E-state index contributed by atoms with van der Waals surface area (Å²) in [6.07, 6.45) is 1.76. The van der Waals surface area contributed by atoms with Gasteiger partial charge in [0, 0.05) is 23.8 Å². The number of nitrogens with one attached hydrogen (secondary N) is 1. The van der Waals surface area contributed by atoms with Gasteiger partial charge in [-0.15, -0.1) is 0 Å². The number of amides is 1. The number of hydrogen-bond donors (Lipinski definition) is 2. The van der Waals surface area contributed by atoms with Gasteiger partial charge in [-0.3, -0.25) is 4.79 Å². The van der Waals surface area contributed by atoms with Gasteiger partial charge in [0.25, 0.3) is 0 Å². The molecule has 1 aliphatic rings. The van der Waals surface area contributed by atoms with Gasteiger partial charge >= 0.3 is 0 Å². The molecule has 0 spiro atoms. The molecule has 108 valence electrons. The van der Waals surface area contributed by atoms with Crippen molar-refractivity contribution >= 4 is 40.5 Å². The summed E-state index contributed by atoms with van der Waals surface area (Å²) in [5.74, 6) is -0.374. The van der Waals surface area contributed by atoms with Crippen LogP contribution in [0.15, 0.2) is 18.2 Å². The molecular formula is C14H18ClN3OS. The zero-order chi connectivity index (χ0) is 14.7. The van der Waals surface area contributed by atoms with Crippen LogP contribution in [0, 0.1) is 12.8 Å².